The van der Waals surface area contributed by atoms with Crippen LogP contribution in [0.15, 0.2) is 10.7 Å². The Morgan fingerprint density at radius 1 is 1.62 bits per heavy atom. The van der Waals surface area contributed by atoms with Gasteiger partial charge >= 0.3 is 0 Å². The van der Waals surface area contributed by atoms with E-state index in [9.17, 15) is 0 Å². The Balaban J connectivity index is 2.24. The van der Waals surface area contributed by atoms with Gasteiger partial charge in [-0.05, 0) is 6.92 Å². The van der Waals surface area contributed by atoms with Crippen molar-refractivity contribution in [3.8, 4) is 0 Å². The second-order valence-electron chi connectivity index (χ2n) is 2.03. The van der Waals surface area contributed by atoms with Gasteiger partial charge in [0.15, 0.2) is 0 Å². The summed E-state index contributed by atoms with van der Waals surface area (Å²) in [5.41, 5.74) is 1.41. The molecule has 0 aromatic rings. The van der Waals surface area contributed by atoms with E-state index in [1.54, 1.807) is 0 Å². The molecule has 8 heavy (non-hydrogen) atoms. The molecule has 0 fully saturated rings. The highest BCUT2D eigenvalue weighted by molar-refractivity contribution is 8.05. The summed E-state index contributed by atoms with van der Waals surface area (Å²) in [4.78, 5) is 0. The van der Waals surface area contributed by atoms with Crippen LogP contribution in [-0.4, -0.2) is 11.9 Å². The van der Waals surface area contributed by atoms with E-state index in [1.807, 2.05) is 11.8 Å². The maximum absolute atomic E-state index is 3.25. The molecular formula is C5H8N2S. The first kappa shape index (κ1) is 4.56. The SMILES string of the molecule is CC1SC2=C1NCN2. The maximum Gasteiger partial charge on any atom is 0.0907 e. The molecule has 0 spiro atoms. The van der Waals surface area contributed by atoms with Crippen LogP contribution in [0.2, 0.25) is 0 Å². The normalized spacial score (nSPS) is 32.9. The van der Waals surface area contributed by atoms with Gasteiger partial charge in [0.1, 0.15) is 0 Å². The maximum atomic E-state index is 3.25. The molecule has 2 aliphatic rings. The summed E-state index contributed by atoms with van der Waals surface area (Å²) in [6, 6.07) is 0. The highest BCUT2D eigenvalue weighted by Crippen LogP contribution is 2.38. The van der Waals surface area contributed by atoms with Gasteiger partial charge in [-0.15, -0.1) is 0 Å². The lowest BCUT2D eigenvalue weighted by atomic mass is 10.3. The van der Waals surface area contributed by atoms with Crippen LogP contribution in [0.25, 0.3) is 0 Å². The minimum Gasteiger partial charge on any atom is -0.368 e. The molecule has 2 rings (SSSR count). The topological polar surface area (TPSA) is 24.1 Å². The van der Waals surface area contributed by atoms with Gasteiger partial charge in [0.05, 0.1) is 22.6 Å². The third-order valence-corrected chi connectivity index (χ3v) is 2.66. The van der Waals surface area contributed by atoms with Crippen LogP contribution in [0.1, 0.15) is 6.92 Å². The third kappa shape index (κ3) is 0.400. The first-order valence-corrected chi connectivity index (χ1v) is 3.64. The quantitative estimate of drug-likeness (QED) is 0.495. The number of hydrogen-bond acceptors (Lipinski definition) is 3. The Labute approximate surface area is 52.7 Å². The van der Waals surface area contributed by atoms with Crippen molar-refractivity contribution < 1.29 is 0 Å². The zero-order chi connectivity index (χ0) is 5.56. The molecule has 0 saturated heterocycles. The van der Waals surface area contributed by atoms with Gasteiger partial charge in [0.2, 0.25) is 0 Å². The summed E-state index contributed by atoms with van der Waals surface area (Å²) in [5, 5.41) is 8.54. The van der Waals surface area contributed by atoms with Crippen LogP contribution >= 0.6 is 11.8 Å². The third-order valence-electron chi connectivity index (χ3n) is 1.47. The van der Waals surface area contributed by atoms with Gasteiger partial charge in [0, 0.05) is 0 Å². The van der Waals surface area contributed by atoms with Gasteiger partial charge in [0.25, 0.3) is 0 Å². The van der Waals surface area contributed by atoms with Crippen LogP contribution in [0, 0.1) is 0 Å². The van der Waals surface area contributed by atoms with Crippen LogP contribution in [0.5, 0.6) is 0 Å². The summed E-state index contributed by atoms with van der Waals surface area (Å²) in [7, 11) is 0. The van der Waals surface area contributed by atoms with Crippen LogP contribution in [-0.2, 0) is 0 Å². The number of hydrogen-bond donors (Lipinski definition) is 2. The predicted molar refractivity (Wildman–Crippen MR) is 35.2 cm³/mol. The minimum atomic E-state index is 0.708. The predicted octanol–water partition coefficient (Wildman–Crippen LogP) is 0.441. The summed E-state index contributed by atoms with van der Waals surface area (Å²) in [5.74, 6) is 0. The summed E-state index contributed by atoms with van der Waals surface area (Å²) in [6.45, 7) is 3.14. The monoisotopic (exact) mass is 128 g/mol. The second-order valence-corrected chi connectivity index (χ2v) is 3.38. The molecule has 2 aliphatic heterocycles. The Hall–Kier alpha value is -0.310. The van der Waals surface area contributed by atoms with Gasteiger partial charge in [-0.1, -0.05) is 11.8 Å². The molecule has 0 aromatic carbocycles. The first-order valence-electron chi connectivity index (χ1n) is 2.76. The molecule has 0 aliphatic carbocycles. The summed E-state index contributed by atoms with van der Waals surface area (Å²) >= 11 is 1.91. The summed E-state index contributed by atoms with van der Waals surface area (Å²) < 4.78 is 0. The Morgan fingerprint density at radius 2 is 2.50 bits per heavy atom. The van der Waals surface area contributed by atoms with E-state index in [-0.39, 0.29) is 0 Å². The number of rotatable bonds is 0. The fourth-order valence-corrected chi connectivity index (χ4v) is 2.02. The van der Waals surface area contributed by atoms with Crippen LogP contribution < -0.4 is 10.6 Å². The molecule has 0 radical (unpaired) electrons. The van der Waals surface area contributed by atoms with Crippen LogP contribution in [0.3, 0.4) is 0 Å². The van der Waals surface area contributed by atoms with E-state index >= 15 is 0 Å². The van der Waals surface area contributed by atoms with Crippen molar-refractivity contribution in [3.63, 3.8) is 0 Å². The fraction of sp³-hybridized carbons (Fsp3) is 0.600. The molecule has 0 aromatic heterocycles. The van der Waals surface area contributed by atoms with E-state index in [1.165, 1.54) is 10.7 Å². The van der Waals surface area contributed by atoms with Crippen molar-refractivity contribution in [2.24, 2.45) is 0 Å². The van der Waals surface area contributed by atoms with Crippen molar-refractivity contribution >= 4 is 11.8 Å². The molecule has 0 amide bonds. The van der Waals surface area contributed by atoms with Gasteiger partial charge in [-0.25, -0.2) is 0 Å². The van der Waals surface area contributed by atoms with Crippen molar-refractivity contribution in [2.75, 3.05) is 6.67 Å². The highest BCUT2D eigenvalue weighted by Gasteiger charge is 2.29. The Kier molecular flexibility index (Phi) is 0.766. The smallest absolute Gasteiger partial charge is 0.0907 e. The van der Waals surface area contributed by atoms with Crippen molar-refractivity contribution in [3.05, 3.63) is 10.7 Å². The van der Waals surface area contributed by atoms with Crippen molar-refractivity contribution in [1.82, 2.24) is 10.6 Å². The Morgan fingerprint density at radius 3 is 3.00 bits per heavy atom. The van der Waals surface area contributed by atoms with E-state index in [2.05, 4.69) is 17.6 Å². The molecule has 2 N–H and O–H groups in total. The molecule has 3 heteroatoms. The van der Waals surface area contributed by atoms with E-state index in [4.69, 9.17) is 0 Å². The standard InChI is InChI=1S/C5H8N2S/c1-3-4-5(8-3)7-2-6-4/h3,6-7H,2H2,1H3. The number of thioether (sulfide) groups is 1. The molecule has 2 heterocycles. The van der Waals surface area contributed by atoms with Crippen LogP contribution in [0.4, 0.5) is 0 Å². The second kappa shape index (κ2) is 1.35. The van der Waals surface area contributed by atoms with E-state index < -0.39 is 0 Å². The zero-order valence-corrected chi connectivity index (χ0v) is 5.51. The van der Waals surface area contributed by atoms with Crippen molar-refractivity contribution in [2.45, 2.75) is 12.2 Å². The lowest BCUT2D eigenvalue weighted by molar-refractivity contribution is 0.801. The van der Waals surface area contributed by atoms with Gasteiger partial charge in [-0.2, -0.15) is 0 Å². The average molecular weight is 128 g/mol. The number of nitrogens with one attached hydrogen (secondary N) is 2. The molecule has 44 valence electrons. The minimum absolute atomic E-state index is 0.708. The van der Waals surface area contributed by atoms with E-state index in [0.717, 1.165) is 6.67 Å². The lowest BCUT2D eigenvalue weighted by Gasteiger charge is -2.22. The molecule has 0 saturated carbocycles. The molecule has 1 unspecified atom stereocenters. The molecule has 0 bridgehead atoms. The molecule has 1 atom stereocenters. The Bertz CT molecular complexity index is 153. The summed E-state index contributed by atoms with van der Waals surface area (Å²) in [6.07, 6.45) is 0. The largest absolute Gasteiger partial charge is 0.368 e. The molecular weight excluding hydrogens is 120 g/mol. The fourth-order valence-electron chi connectivity index (χ4n) is 1.01. The first-order chi connectivity index (χ1) is 3.88. The average Bonchev–Trinajstić information content (AvgIpc) is 2.09. The molecule has 2 nitrogen and oxygen atoms in total. The lowest BCUT2D eigenvalue weighted by Crippen LogP contribution is -2.20. The van der Waals surface area contributed by atoms with E-state index in [0.29, 0.717) is 5.25 Å². The van der Waals surface area contributed by atoms with Gasteiger partial charge < -0.3 is 10.6 Å². The van der Waals surface area contributed by atoms with Crippen molar-refractivity contribution in [1.29, 1.82) is 0 Å². The van der Waals surface area contributed by atoms with Gasteiger partial charge in [-0.3, -0.25) is 0 Å². The highest BCUT2D eigenvalue weighted by atomic mass is 32.2. The zero-order valence-electron chi connectivity index (χ0n) is 4.69.